The van der Waals surface area contributed by atoms with Gasteiger partial charge in [-0.05, 0) is 24.2 Å². The van der Waals surface area contributed by atoms with Crippen LogP contribution in [0.5, 0.6) is 0 Å². The molecule has 0 radical (unpaired) electrons. The van der Waals surface area contributed by atoms with Crippen molar-refractivity contribution in [2.45, 2.75) is 19.5 Å². The van der Waals surface area contributed by atoms with Crippen LogP contribution in [0.3, 0.4) is 0 Å². The zero-order valence-electron chi connectivity index (χ0n) is 12.2. The van der Waals surface area contributed by atoms with E-state index in [4.69, 9.17) is 27.9 Å². The van der Waals surface area contributed by atoms with E-state index < -0.39 is 0 Å². The van der Waals surface area contributed by atoms with Crippen LogP contribution in [-0.4, -0.2) is 43.7 Å². The van der Waals surface area contributed by atoms with Crippen LogP contribution in [0.2, 0.25) is 10.0 Å². The molecule has 1 heterocycles. The number of nitrogens with zero attached hydrogens (tertiary/aromatic N) is 1. The number of rotatable bonds is 5. The Morgan fingerprint density at radius 1 is 1.43 bits per heavy atom. The van der Waals surface area contributed by atoms with Crippen molar-refractivity contribution in [2.75, 3.05) is 26.8 Å². The molecule has 1 aliphatic rings. The second-order valence-electron chi connectivity index (χ2n) is 5.24. The lowest BCUT2D eigenvalue weighted by Crippen LogP contribution is -2.44. The van der Waals surface area contributed by atoms with Gasteiger partial charge in [-0.1, -0.05) is 36.2 Å². The molecule has 1 aromatic carbocycles. The van der Waals surface area contributed by atoms with Gasteiger partial charge in [-0.3, -0.25) is 4.79 Å². The first-order valence-electron chi connectivity index (χ1n) is 7.03. The maximum absolute atomic E-state index is 12.5. The number of amides is 1. The topological polar surface area (TPSA) is 41.6 Å². The van der Waals surface area contributed by atoms with Gasteiger partial charge in [0.15, 0.2) is 0 Å². The lowest BCUT2D eigenvalue weighted by Gasteiger charge is -2.24. The smallest absolute Gasteiger partial charge is 0.229 e. The molecule has 1 saturated heterocycles. The van der Waals surface area contributed by atoms with Crippen LogP contribution in [-0.2, 0) is 16.1 Å². The predicted octanol–water partition coefficient (Wildman–Crippen LogP) is 2.58. The zero-order valence-corrected chi connectivity index (χ0v) is 13.7. The fourth-order valence-electron chi connectivity index (χ4n) is 2.53. The normalized spacial score (nSPS) is 21.5. The third-order valence-electron chi connectivity index (χ3n) is 3.66. The quantitative estimate of drug-likeness (QED) is 0.902. The number of carbonyl (C=O) groups excluding carboxylic acids is 1. The fourth-order valence-corrected chi connectivity index (χ4v) is 3.00. The summed E-state index contributed by atoms with van der Waals surface area (Å²) in [7, 11) is 1.79. The minimum Gasteiger partial charge on any atom is -0.379 e. The van der Waals surface area contributed by atoms with Gasteiger partial charge in [0.25, 0.3) is 0 Å². The van der Waals surface area contributed by atoms with Crippen LogP contribution in [0.4, 0.5) is 0 Å². The average Bonchev–Trinajstić information content (AvgIpc) is 2.89. The lowest BCUT2D eigenvalue weighted by molar-refractivity contribution is -0.135. The molecule has 0 aromatic heterocycles. The standard InChI is InChI=1S/C15H20Cl2N2O2/c1-3-18-14-9-21-8-12(14)15(20)19(2)7-10-4-5-11(16)6-13(10)17/h4-6,12,14,18H,3,7-9H2,1-2H3. The molecule has 1 aliphatic heterocycles. The van der Waals surface area contributed by atoms with Crippen molar-refractivity contribution in [3.63, 3.8) is 0 Å². The van der Waals surface area contributed by atoms with E-state index in [0.29, 0.717) is 29.8 Å². The highest BCUT2D eigenvalue weighted by Gasteiger charge is 2.35. The number of ether oxygens (including phenoxy) is 1. The molecule has 2 unspecified atom stereocenters. The highest BCUT2D eigenvalue weighted by molar-refractivity contribution is 6.35. The summed E-state index contributed by atoms with van der Waals surface area (Å²) < 4.78 is 5.43. The van der Waals surface area contributed by atoms with E-state index >= 15 is 0 Å². The van der Waals surface area contributed by atoms with Gasteiger partial charge in [-0.15, -0.1) is 0 Å². The fraction of sp³-hybridized carbons (Fsp3) is 0.533. The second kappa shape index (κ2) is 7.45. The maximum Gasteiger partial charge on any atom is 0.229 e. The van der Waals surface area contributed by atoms with Gasteiger partial charge in [0.1, 0.15) is 0 Å². The number of halogens is 2. The van der Waals surface area contributed by atoms with Crippen LogP contribution in [0.1, 0.15) is 12.5 Å². The molecule has 1 aromatic rings. The van der Waals surface area contributed by atoms with Crippen molar-refractivity contribution in [2.24, 2.45) is 5.92 Å². The van der Waals surface area contributed by atoms with Crippen molar-refractivity contribution < 1.29 is 9.53 Å². The molecule has 116 valence electrons. The SMILES string of the molecule is CCNC1COCC1C(=O)N(C)Cc1ccc(Cl)cc1Cl. The summed E-state index contributed by atoms with van der Waals surface area (Å²) in [5, 5.41) is 4.47. The molecule has 1 fully saturated rings. The van der Waals surface area contributed by atoms with Gasteiger partial charge in [-0.25, -0.2) is 0 Å². The van der Waals surface area contributed by atoms with E-state index in [9.17, 15) is 4.79 Å². The molecule has 21 heavy (non-hydrogen) atoms. The Morgan fingerprint density at radius 2 is 2.19 bits per heavy atom. The summed E-state index contributed by atoms with van der Waals surface area (Å²) in [6.07, 6.45) is 0. The molecular formula is C15H20Cl2N2O2. The summed E-state index contributed by atoms with van der Waals surface area (Å²) >= 11 is 12.0. The van der Waals surface area contributed by atoms with Crippen LogP contribution in [0.15, 0.2) is 18.2 Å². The van der Waals surface area contributed by atoms with Gasteiger partial charge in [0.2, 0.25) is 5.91 Å². The van der Waals surface area contributed by atoms with Crippen LogP contribution in [0.25, 0.3) is 0 Å². The lowest BCUT2D eigenvalue weighted by atomic mass is 10.0. The van der Waals surface area contributed by atoms with Crippen LogP contribution >= 0.6 is 23.2 Å². The van der Waals surface area contributed by atoms with E-state index in [0.717, 1.165) is 12.1 Å². The molecule has 0 bridgehead atoms. The predicted molar refractivity (Wildman–Crippen MR) is 84.7 cm³/mol. The van der Waals surface area contributed by atoms with Crippen molar-refractivity contribution in [1.29, 1.82) is 0 Å². The summed E-state index contributed by atoms with van der Waals surface area (Å²) in [4.78, 5) is 14.2. The minimum atomic E-state index is -0.138. The van der Waals surface area contributed by atoms with Gasteiger partial charge in [0, 0.05) is 29.7 Å². The molecule has 2 atom stereocenters. The van der Waals surface area contributed by atoms with Gasteiger partial charge >= 0.3 is 0 Å². The molecule has 0 aliphatic carbocycles. The Morgan fingerprint density at radius 3 is 2.86 bits per heavy atom. The Hall–Kier alpha value is -0.810. The summed E-state index contributed by atoms with van der Waals surface area (Å²) in [6, 6.07) is 5.41. The number of benzene rings is 1. The van der Waals surface area contributed by atoms with Crippen LogP contribution < -0.4 is 5.32 Å². The summed E-state index contributed by atoms with van der Waals surface area (Å²) in [5.41, 5.74) is 0.885. The van der Waals surface area contributed by atoms with Crippen molar-refractivity contribution in [3.05, 3.63) is 33.8 Å². The van der Waals surface area contributed by atoms with Crippen LogP contribution in [0, 0.1) is 5.92 Å². The first-order chi connectivity index (χ1) is 10.0. The van der Waals surface area contributed by atoms with Crippen molar-refractivity contribution >= 4 is 29.1 Å². The number of likely N-dealkylation sites (N-methyl/N-ethyl adjacent to an activating group) is 1. The third-order valence-corrected chi connectivity index (χ3v) is 4.25. The Kier molecular flexibility index (Phi) is 5.88. The number of hydrogen-bond acceptors (Lipinski definition) is 3. The molecule has 2 rings (SSSR count). The molecule has 0 spiro atoms. The average molecular weight is 331 g/mol. The monoisotopic (exact) mass is 330 g/mol. The maximum atomic E-state index is 12.5. The van der Waals surface area contributed by atoms with Crippen molar-refractivity contribution in [3.8, 4) is 0 Å². The number of carbonyl (C=O) groups is 1. The van der Waals surface area contributed by atoms with E-state index in [1.807, 2.05) is 13.0 Å². The first-order valence-corrected chi connectivity index (χ1v) is 7.78. The molecule has 0 saturated carbocycles. The van der Waals surface area contributed by atoms with E-state index in [1.54, 1.807) is 24.1 Å². The number of hydrogen-bond donors (Lipinski definition) is 1. The second-order valence-corrected chi connectivity index (χ2v) is 6.08. The van der Waals surface area contributed by atoms with E-state index in [2.05, 4.69) is 5.32 Å². The molecule has 1 amide bonds. The molecular weight excluding hydrogens is 311 g/mol. The minimum absolute atomic E-state index is 0.0736. The largest absolute Gasteiger partial charge is 0.379 e. The van der Waals surface area contributed by atoms with Gasteiger partial charge in [-0.2, -0.15) is 0 Å². The Labute approximate surface area is 135 Å². The van der Waals surface area contributed by atoms with E-state index in [-0.39, 0.29) is 17.9 Å². The molecule has 4 nitrogen and oxygen atoms in total. The summed E-state index contributed by atoms with van der Waals surface area (Å²) in [5.74, 6) is -0.0644. The summed E-state index contributed by atoms with van der Waals surface area (Å²) in [6.45, 7) is 4.36. The molecule has 6 heteroatoms. The first kappa shape index (κ1) is 16.6. The number of nitrogens with one attached hydrogen (secondary N) is 1. The Bertz CT molecular complexity index is 510. The molecule has 1 N–H and O–H groups in total. The van der Waals surface area contributed by atoms with E-state index in [1.165, 1.54) is 0 Å². The zero-order chi connectivity index (χ0) is 15.4. The van der Waals surface area contributed by atoms with Crippen molar-refractivity contribution in [1.82, 2.24) is 10.2 Å². The van der Waals surface area contributed by atoms with Gasteiger partial charge < -0.3 is 15.0 Å². The Balaban J connectivity index is 2.02. The highest BCUT2D eigenvalue weighted by atomic mass is 35.5. The highest BCUT2D eigenvalue weighted by Crippen LogP contribution is 2.23. The van der Waals surface area contributed by atoms with Gasteiger partial charge in [0.05, 0.1) is 19.1 Å². The third kappa shape index (κ3) is 4.10.